The Morgan fingerprint density at radius 2 is 1.60 bits per heavy atom. The average molecular weight is 343 g/mol. The van der Waals surface area contributed by atoms with E-state index in [0.717, 1.165) is 11.8 Å². The highest BCUT2D eigenvalue weighted by Crippen LogP contribution is 2.35. The van der Waals surface area contributed by atoms with E-state index >= 15 is 0 Å². The topological polar surface area (TPSA) is 6.48 Å². The molecule has 2 nitrogen and oxygen atoms in total. The van der Waals surface area contributed by atoms with Crippen molar-refractivity contribution >= 4 is 5.69 Å². The van der Waals surface area contributed by atoms with Gasteiger partial charge < -0.3 is 9.80 Å². The van der Waals surface area contributed by atoms with Gasteiger partial charge in [0.25, 0.3) is 0 Å². The minimum atomic E-state index is 0.486. The van der Waals surface area contributed by atoms with Crippen LogP contribution in [-0.4, -0.2) is 37.1 Å². The van der Waals surface area contributed by atoms with Crippen molar-refractivity contribution in [1.29, 1.82) is 0 Å². The number of benzene rings is 1. The van der Waals surface area contributed by atoms with Crippen molar-refractivity contribution in [2.75, 3.05) is 31.1 Å². The van der Waals surface area contributed by atoms with Crippen LogP contribution < -0.4 is 4.90 Å². The number of aryl methyl sites for hydroxylation is 1. The molecule has 2 unspecified atom stereocenters. The summed E-state index contributed by atoms with van der Waals surface area (Å²) in [6.07, 6.45) is 5.47. The Labute approximate surface area is 155 Å². The summed E-state index contributed by atoms with van der Waals surface area (Å²) in [6, 6.07) is 9.74. The molecule has 25 heavy (non-hydrogen) atoms. The second-order valence-electron chi connectivity index (χ2n) is 9.71. The van der Waals surface area contributed by atoms with Crippen LogP contribution in [0.15, 0.2) is 24.3 Å². The Hall–Kier alpha value is -1.02. The van der Waals surface area contributed by atoms with Gasteiger partial charge in [-0.25, -0.2) is 0 Å². The number of anilines is 1. The Bertz CT molecular complexity index is 534. The molecule has 2 saturated heterocycles. The molecule has 0 aliphatic carbocycles. The molecule has 2 heterocycles. The molecule has 2 heteroatoms. The van der Waals surface area contributed by atoms with E-state index in [9.17, 15) is 0 Å². The van der Waals surface area contributed by atoms with Gasteiger partial charge in [-0.1, -0.05) is 38.5 Å². The number of nitrogens with zero attached hydrogens (tertiary/aromatic N) is 2. The lowest BCUT2D eigenvalue weighted by Crippen LogP contribution is -2.46. The predicted octanol–water partition coefficient (Wildman–Crippen LogP) is 5.36. The molecule has 1 aromatic rings. The van der Waals surface area contributed by atoms with E-state index in [1.54, 1.807) is 0 Å². The van der Waals surface area contributed by atoms with Gasteiger partial charge in [-0.3, -0.25) is 0 Å². The van der Waals surface area contributed by atoms with Gasteiger partial charge in [-0.15, -0.1) is 0 Å². The monoisotopic (exact) mass is 342 g/mol. The Balaban J connectivity index is 1.48. The number of hydrogen-bond acceptors (Lipinski definition) is 2. The molecule has 2 aliphatic rings. The first-order valence-electron chi connectivity index (χ1n) is 10.4. The normalized spacial score (nSPS) is 26.8. The maximum Gasteiger partial charge on any atom is 0.0368 e. The van der Waals surface area contributed by atoms with Crippen LogP contribution in [0.5, 0.6) is 0 Å². The van der Waals surface area contributed by atoms with Gasteiger partial charge in [0.2, 0.25) is 0 Å². The first-order valence-corrected chi connectivity index (χ1v) is 10.4. The van der Waals surface area contributed by atoms with Crippen molar-refractivity contribution in [3.8, 4) is 0 Å². The zero-order valence-electron chi connectivity index (χ0n) is 17.1. The highest BCUT2D eigenvalue weighted by Gasteiger charge is 2.31. The van der Waals surface area contributed by atoms with Crippen molar-refractivity contribution in [2.24, 2.45) is 17.3 Å². The third-order valence-corrected chi connectivity index (χ3v) is 6.68. The van der Waals surface area contributed by atoms with E-state index in [-0.39, 0.29) is 0 Å². The van der Waals surface area contributed by atoms with Crippen molar-refractivity contribution in [3.05, 3.63) is 29.8 Å². The van der Waals surface area contributed by atoms with E-state index in [0.29, 0.717) is 11.5 Å². The van der Waals surface area contributed by atoms with E-state index in [4.69, 9.17) is 0 Å². The SMILES string of the molecule is Cc1ccc(N2CCC(CN3CCC(C(C)(C)C)CC3)CC2C)cc1. The van der Waals surface area contributed by atoms with Gasteiger partial charge in [-0.05, 0) is 82.0 Å². The van der Waals surface area contributed by atoms with Gasteiger partial charge in [0.1, 0.15) is 0 Å². The van der Waals surface area contributed by atoms with Gasteiger partial charge in [0.05, 0.1) is 0 Å². The van der Waals surface area contributed by atoms with Gasteiger partial charge in [0, 0.05) is 24.8 Å². The van der Waals surface area contributed by atoms with Crippen molar-refractivity contribution < 1.29 is 0 Å². The van der Waals surface area contributed by atoms with Crippen LogP contribution in [0.4, 0.5) is 5.69 Å². The van der Waals surface area contributed by atoms with Crippen molar-refractivity contribution in [2.45, 2.75) is 66.3 Å². The number of likely N-dealkylation sites (tertiary alicyclic amines) is 1. The average Bonchev–Trinajstić information content (AvgIpc) is 2.56. The van der Waals surface area contributed by atoms with E-state index in [2.05, 4.69) is 68.7 Å². The molecule has 1 aromatic carbocycles. The zero-order valence-corrected chi connectivity index (χ0v) is 17.1. The maximum atomic E-state index is 2.75. The van der Waals surface area contributed by atoms with Crippen molar-refractivity contribution in [1.82, 2.24) is 4.90 Å². The lowest BCUT2D eigenvalue weighted by molar-refractivity contribution is 0.0951. The highest BCUT2D eigenvalue weighted by molar-refractivity contribution is 5.48. The lowest BCUT2D eigenvalue weighted by Gasteiger charge is -2.43. The van der Waals surface area contributed by atoms with Crippen LogP contribution in [0.25, 0.3) is 0 Å². The minimum absolute atomic E-state index is 0.486. The Morgan fingerprint density at radius 1 is 0.960 bits per heavy atom. The smallest absolute Gasteiger partial charge is 0.0368 e. The summed E-state index contributed by atoms with van der Waals surface area (Å²) in [6.45, 7) is 17.0. The summed E-state index contributed by atoms with van der Waals surface area (Å²) >= 11 is 0. The van der Waals surface area contributed by atoms with Crippen LogP contribution in [0.2, 0.25) is 0 Å². The number of piperidine rings is 2. The zero-order chi connectivity index (χ0) is 18.0. The van der Waals surface area contributed by atoms with E-state index in [1.165, 1.54) is 63.1 Å². The predicted molar refractivity (Wildman–Crippen MR) is 109 cm³/mol. The molecule has 0 N–H and O–H groups in total. The van der Waals surface area contributed by atoms with Crippen molar-refractivity contribution in [3.63, 3.8) is 0 Å². The fourth-order valence-corrected chi connectivity index (χ4v) is 4.90. The third kappa shape index (κ3) is 4.78. The summed E-state index contributed by atoms with van der Waals surface area (Å²) in [5, 5.41) is 0. The molecule has 0 amide bonds. The molecular weight excluding hydrogens is 304 g/mol. The Kier molecular flexibility index (Phi) is 5.78. The first kappa shape index (κ1) is 18.8. The standard InChI is InChI=1S/C23H38N2/c1-18-6-8-22(9-7-18)25-15-10-20(16-19(25)2)17-24-13-11-21(12-14-24)23(3,4)5/h6-9,19-21H,10-17H2,1-5H3. The summed E-state index contributed by atoms with van der Waals surface area (Å²) in [4.78, 5) is 5.36. The summed E-state index contributed by atoms with van der Waals surface area (Å²) in [5.74, 6) is 1.79. The summed E-state index contributed by atoms with van der Waals surface area (Å²) in [5.41, 5.74) is 3.24. The van der Waals surface area contributed by atoms with E-state index in [1.807, 2.05) is 0 Å². The van der Waals surface area contributed by atoms with Gasteiger partial charge in [0.15, 0.2) is 0 Å². The molecule has 2 fully saturated rings. The third-order valence-electron chi connectivity index (χ3n) is 6.68. The van der Waals surface area contributed by atoms with Gasteiger partial charge in [-0.2, -0.15) is 0 Å². The fourth-order valence-electron chi connectivity index (χ4n) is 4.90. The molecule has 2 aliphatic heterocycles. The number of rotatable bonds is 3. The Morgan fingerprint density at radius 3 is 2.16 bits per heavy atom. The van der Waals surface area contributed by atoms with Crippen LogP contribution in [0.1, 0.15) is 58.9 Å². The first-order chi connectivity index (χ1) is 11.8. The van der Waals surface area contributed by atoms with Crippen LogP contribution >= 0.6 is 0 Å². The molecule has 0 aromatic heterocycles. The maximum absolute atomic E-state index is 2.75. The van der Waals surface area contributed by atoms with Crippen LogP contribution in [0.3, 0.4) is 0 Å². The molecule has 140 valence electrons. The van der Waals surface area contributed by atoms with Crippen LogP contribution in [-0.2, 0) is 0 Å². The summed E-state index contributed by atoms with van der Waals surface area (Å²) in [7, 11) is 0. The van der Waals surface area contributed by atoms with E-state index < -0.39 is 0 Å². The quantitative estimate of drug-likeness (QED) is 0.730. The second-order valence-corrected chi connectivity index (χ2v) is 9.71. The summed E-state index contributed by atoms with van der Waals surface area (Å²) < 4.78 is 0. The lowest BCUT2D eigenvalue weighted by atomic mass is 9.75. The molecule has 0 spiro atoms. The molecule has 2 atom stereocenters. The largest absolute Gasteiger partial charge is 0.369 e. The second kappa shape index (κ2) is 7.70. The fraction of sp³-hybridized carbons (Fsp3) is 0.739. The van der Waals surface area contributed by atoms with Crippen LogP contribution in [0, 0.1) is 24.2 Å². The molecule has 0 bridgehead atoms. The molecular formula is C23H38N2. The highest BCUT2D eigenvalue weighted by atomic mass is 15.2. The number of hydrogen-bond donors (Lipinski definition) is 0. The molecule has 3 rings (SSSR count). The molecule has 0 radical (unpaired) electrons. The molecule has 0 saturated carbocycles. The minimum Gasteiger partial charge on any atom is -0.369 e. The van der Waals surface area contributed by atoms with Gasteiger partial charge >= 0.3 is 0 Å².